The molecule has 1 saturated heterocycles. The summed E-state index contributed by atoms with van der Waals surface area (Å²) in [7, 11) is 0. The van der Waals surface area contributed by atoms with Crippen molar-refractivity contribution in [2.75, 3.05) is 24.6 Å². The number of urea groups is 1. The first kappa shape index (κ1) is 12.3. The maximum absolute atomic E-state index is 12.1. The van der Waals surface area contributed by atoms with Crippen molar-refractivity contribution in [2.45, 2.75) is 6.54 Å². The van der Waals surface area contributed by atoms with Crippen LogP contribution in [-0.4, -0.2) is 46.4 Å². The van der Waals surface area contributed by atoms with Gasteiger partial charge in [0.1, 0.15) is 0 Å². The number of carbonyl (C=O) groups is 2. The molecule has 19 heavy (non-hydrogen) atoms. The summed E-state index contributed by atoms with van der Waals surface area (Å²) in [5, 5.41) is 1.40. The number of hydrazine groups is 1. The molecule has 0 unspecified atom stereocenters. The van der Waals surface area contributed by atoms with Crippen molar-refractivity contribution in [1.82, 2.24) is 15.3 Å². The molecular weight excluding hydrogens is 262 g/mol. The molecule has 5 nitrogen and oxygen atoms in total. The van der Waals surface area contributed by atoms with Gasteiger partial charge in [0.05, 0.1) is 6.54 Å². The summed E-state index contributed by atoms with van der Waals surface area (Å²) in [6.45, 7) is 1.93. The van der Waals surface area contributed by atoms with Crippen molar-refractivity contribution in [1.29, 1.82) is 0 Å². The molecule has 3 rings (SSSR count). The van der Waals surface area contributed by atoms with Crippen LogP contribution in [0.2, 0.25) is 0 Å². The number of thioether (sulfide) groups is 1. The van der Waals surface area contributed by atoms with Gasteiger partial charge in [-0.2, -0.15) is 11.8 Å². The van der Waals surface area contributed by atoms with Gasteiger partial charge in [-0.25, -0.2) is 15.2 Å². The normalized spacial score (nSPS) is 18.4. The van der Waals surface area contributed by atoms with Crippen molar-refractivity contribution in [3.05, 3.63) is 35.4 Å². The first-order valence-corrected chi connectivity index (χ1v) is 7.44. The lowest BCUT2D eigenvalue weighted by molar-refractivity contribution is 0.0686. The summed E-state index contributed by atoms with van der Waals surface area (Å²) >= 11 is 1.85. The van der Waals surface area contributed by atoms with E-state index in [-0.39, 0.29) is 11.9 Å². The van der Waals surface area contributed by atoms with E-state index in [1.165, 1.54) is 5.01 Å². The monoisotopic (exact) mass is 277 g/mol. The third-order valence-electron chi connectivity index (χ3n) is 3.35. The highest BCUT2D eigenvalue weighted by Crippen LogP contribution is 2.20. The zero-order chi connectivity index (χ0) is 13.2. The summed E-state index contributed by atoms with van der Waals surface area (Å²) in [6, 6.07) is 7.27. The van der Waals surface area contributed by atoms with Gasteiger partial charge in [0.2, 0.25) is 0 Å². The Balaban J connectivity index is 1.66. The molecule has 2 heterocycles. The minimum Gasteiger partial charge on any atom is -0.322 e. The third kappa shape index (κ3) is 2.40. The smallest absolute Gasteiger partial charge is 0.322 e. The molecule has 3 amide bonds. The average molecular weight is 277 g/mol. The topological polar surface area (TPSA) is 52.7 Å². The van der Waals surface area contributed by atoms with Gasteiger partial charge in [-0.1, -0.05) is 18.2 Å². The molecule has 0 bridgehead atoms. The van der Waals surface area contributed by atoms with Gasteiger partial charge in [-0.15, -0.1) is 0 Å². The van der Waals surface area contributed by atoms with Crippen molar-refractivity contribution in [3.8, 4) is 0 Å². The number of nitrogens with zero attached hydrogens (tertiary/aromatic N) is 2. The van der Waals surface area contributed by atoms with Crippen LogP contribution in [0.25, 0.3) is 0 Å². The molecular formula is C13H15N3O2S. The van der Waals surface area contributed by atoms with Gasteiger partial charge in [0, 0.05) is 30.2 Å². The molecule has 0 atom stereocenters. The molecule has 0 spiro atoms. The fraction of sp³-hybridized carbons (Fsp3) is 0.385. The highest BCUT2D eigenvalue weighted by Gasteiger charge is 2.29. The van der Waals surface area contributed by atoms with Crippen molar-refractivity contribution < 1.29 is 9.59 Å². The molecule has 1 N–H and O–H groups in total. The summed E-state index contributed by atoms with van der Waals surface area (Å²) < 4.78 is 0. The maximum atomic E-state index is 12.1. The fourth-order valence-electron chi connectivity index (χ4n) is 2.30. The van der Waals surface area contributed by atoms with Crippen LogP contribution in [-0.2, 0) is 6.54 Å². The number of hydrogen-bond donors (Lipinski definition) is 1. The summed E-state index contributed by atoms with van der Waals surface area (Å²) in [5.41, 5.74) is 4.34. The number of carbonyl (C=O) groups excluding carboxylic acids is 2. The summed E-state index contributed by atoms with van der Waals surface area (Å²) in [6.07, 6.45) is 0. The molecule has 6 heteroatoms. The van der Waals surface area contributed by atoms with Crippen molar-refractivity contribution in [3.63, 3.8) is 0 Å². The third-order valence-corrected chi connectivity index (χ3v) is 4.29. The molecule has 0 aromatic heterocycles. The lowest BCUT2D eigenvalue weighted by Crippen LogP contribution is -2.51. The van der Waals surface area contributed by atoms with E-state index in [0.29, 0.717) is 12.1 Å². The average Bonchev–Trinajstić information content (AvgIpc) is 2.77. The van der Waals surface area contributed by atoms with Crippen LogP contribution in [0.5, 0.6) is 0 Å². The van der Waals surface area contributed by atoms with Crippen LogP contribution in [0, 0.1) is 0 Å². The van der Waals surface area contributed by atoms with Crippen molar-refractivity contribution in [2.24, 2.45) is 0 Å². The van der Waals surface area contributed by atoms with Crippen molar-refractivity contribution >= 4 is 23.7 Å². The minimum atomic E-state index is -0.179. The number of benzene rings is 1. The van der Waals surface area contributed by atoms with Gasteiger partial charge in [0.25, 0.3) is 5.91 Å². The van der Waals surface area contributed by atoms with E-state index in [4.69, 9.17) is 0 Å². The summed E-state index contributed by atoms with van der Waals surface area (Å²) in [4.78, 5) is 25.9. The fourth-order valence-corrected chi connectivity index (χ4v) is 3.20. The molecule has 1 aromatic carbocycles. The van der Waals surface area contributed by atoms with E-state index in [0.717, 1.165) is 30.2 Å². The Morgan fingerprint density at radius 1 is 1.21 bits per heavy atom. The first-order valence-electron chi connectivity index (χ1n) is 6.29. The Morgan fingerprint density at radius 3 is 2.68 bits per heavy atom. The van der Waals surface area contributed by atoms with E-state index >= 15 is 0 Å². The number of rotatable bonds is 1. The molecule has 0 saturated carbocycles. The van der Waals surface area contributed by atoms with E-state index in [1.807, 2.05) is 30.0 Å². The highest BCUT2D eigenvalue weighted by atomic mass is 32.2. The van der Waals surface area contributed by atoms with Crippen LogP contribution in [0.4, 0.5) is 4.79 Å². The van der Waals surface area contributed by atoms with Crippen LogP contribution in [0.15, 0.2) is 24.3 Å². The summed E-state index contributed by atoms with van der Waals surface area (Å²) in [5.74, 6) is 1.79. The Kier molecular flexibility index (Phi) is 3.33. The van der Waals surface area contributed by atoms with Gasteiger partial charge in [0.15, 0.2) is 0 Å². The second-order valence-electron chi connectivity index (χ2n) is 4.56. The minimum absolute atomic E-state index is 0.129. The molecule has 0 radical (unpaired) electrons. The molecule has 1 fully saturated rings. The first-order chi connectivity index (χ1) is 9.25. The molecule has 0 aliphatic carbocycles. The van der Waals surface area contributed by atoms with Crippen LogP contribution >= 0.6 is 11.8 Å². The second-order valence-corrected chi connectivity index (χ2v) is 5.79. The predicted molar refractivity (Wildman–Crippen MR) is 73.7 cm³/mol. The van der Waals surface area contributed by atoms with Gasteiger partial charge >= 0.3 is 6.03 Å². The lowest BCUT2D eigenvalue weighted by atomic mass is 10.1. The van der Waals surface area contributed by atoms with E-state index < -0.39 is 0 Å². The Hall–Kier alpha value is -1.69. The standard InChI is InChI=1S/C13H15N3O2S/c17-12-11-4-2-1-3-10(11)9-16(12)14-13(18)15-5-7-19-8-6-15/h1-4H,5-9H2,(H,14,18). The molecule has 2 aliphatic heterocycles. The van der Waals surface area contributed by atoms with Gasteiger partial charge in [-0.05, 0) is 11.6 Å². The SMILES string of the molecule is O=C(NN1Cc2ccccc2C1=O)N1CCSCC1. The van der Waals surface area contributed by atoms with Gasteiger partial charge in [-0.3, -0.25) is 4.79 Å². The molecule has 1 aromatic rings. The Morgan fingerprint density at radius 2 is 1.95 bits per heavy atom. The largest absolute Gasteiger partial charge is 0.336 e. The quantitative estimate of drug-likeness (QED) is 0.842. The zero-order valence-corrected chi connectivity index (χ0v) is 11.3. The predicted octanol–water partition coefficient (Wildman–Crippen LogP) is 1.32. The van der Waals surface area contributed by atoms with Gasteiger partial charge < -0.3 is 4.90 Å². The number of hydrogen-bond acceptors (Lipinski definition) is 3. The van der Waals surface area contributed by atoms with E-state index in [9.17, 15) is 9.59 Å². The van der Waals surface area contributed by atoms with Crippen LogP contribution in [0.1, 0.15) is 15.9 Å². The van der Waals surface area contributed by atoms with E-state index in [2.05, 4.69) is 5.43 Å². The zero-order valence-electron chi connectivity index (χ0n) is 10.5. The number of nitrogens with one attached hydrogen (secondary N) is 1. The molecule has 2 aliphatic rings. The lowest BCUT2D eigenvalue weighted by Gasteiger charge is -2.28. The van der Waals surface area contributed by atoms with Crippen LogP contribution in [0.3, 0.4) is 0 Å². The Labute approximate surface area is 115 Å². The second kappa shape index (κ2) is 5.13. The Bertz CT molecular complexity index is 514. The number of amides is 3. The maximum Gasteiger partial charge on any atom is 0.336 e. The van der Waals surface area contributed by atoms with Crippen LogP contribution < -0.4 is 5.43 Å². The molecule has 100 valence electrons. The number of fused-ring (bicyclic) bond motifs is 1. The van der Waals surface area contributed by atoms with E-state index in [1.54, 1.807) is 11.0 Å². The highest BCUT2D eigenvalue weighted by molar-refractivity contribution is 7.99.